The molecular formula is C27H19N3O2. The minimum atomic E-state index is -0.364. The van der Waals surface area contributed by atoms with Crippen molar-refractivity contribution in [3.05, 3.63) is 120 Å². The van der Waals surface area contributed by atoms with Crippen LogP contribution in [0.5, 0.6) is 0 Å². The van der Waals surface area contributed by atoms with Gasteiger partial charge < -0.3 is 5.32 Å². The van der Waals surface area contributed by atoms with Crippen molar-refractivity contribution >= 4 is 28.2 Å². The Morgan fingerprint density at radius 3 is 2.34 bits per heavy atom. The van der Waals surface area contributed by atoms with Crippen molar-refractivity contribution in [2.75, 3.05) is 5.32 Å². The van der Waals surface area contributed by atoms with Crippen LogP contribution in [-0.2, 0) is 0 Å². The Hall–Kier alpha value is -4.51. The van der Waals surface area contributed by atoms with Gasteiger partial charge in [0.05, 0.1) is 11.4 Å². The predicted molar refractivity (Wildman–Crippen MR) is 126 cm³/mol. The van der Waals surface area contributed by atoms with Gasteiger partial charge in [-0.25, -0.2) is 0 Å². The first-order valence-corrected chi connectivity index (χ1v) is 10.2. The Bertz CT molecular complexity index is 1430. The van der Waals surface area contributed by atoms with Crippen LogP contribution in [0.4, 0.5) is 5.69 Å². The fourth-order valence-corrected chi connectivity index (χ4v) is 3.75. The second kappa shape index (κ2) is 8.32. The first-order valence-electron chi connectivity index (χ1n) is 10.2. The summed E-state index contributed by atoms with van der Waals surface area (Å²) in [5.74, 6) is -0.514. The lowest BCUT2D eigenvalue weighted by Gasteiger charge is -2.09. The average molecular weight is 417 g/mol. The van der Waals surface area contributed by atoms with Gasteiger partial charge in [-0.3, -0.25) is 14.7 Å². The number of aromatic nitrogens is 2. The van der Waals surface area contributed by atoms with Gasteiger partial charge in [0.15, 0.2) is 5.78 Å². The molecule has 5 rings (SSSR count). The highest BCUT2D eigenvalue weighted by Gasteiger charge is 2.17. The molecule has 5 nitrogen and oxygen atoms in total. The molecule has 2 N–H and O–H groups in total. The van der Waals surface area contributed by atoms with Crippen molar-refractivity contribution in [3.63, 3.8) is 0 Å². The van der Waals surface area contributed by atoms with E-state index in [9.17, 15) is 9.59 Å². The summed E-state index contributed by atoms with van der Waals surface area (Å²) in [6.07, 6.45) is 0. The molecule has 0 saturated carbocycles. The van der Waals surface area contributed by atoms with Gasteiger partial charge in [0.1, 0.15) is 5.69 Å². The Labute approximate surface area is 184 Å². The molecule has 1 aromatic heterocycles. The normalized spacial score (nSPS) is 10.8. The van der Waals surface area contributed by atoms with Crippen LogP contribution in [0, 0.1) is 0 Å². The fourth-order valence-electron chi connectivity index (χ4n) is 3.75. The Balaban J connectivity index is 1.43. The molecule has 154 valence electrons. The SMILES string of the molecule is O=C(Nc1ccccc1C(=O)c1ccccc1)c1cc(-c2cccc3ccccc23)n[nH]1. The van der Waals surface area contributed by atoms with Crippen molar-refractivity contribution in [2.24, 2.45) is 0 Å². The number of anilines is 1. The number of ketones is 1. The van der Waals surface area contributed by atoms with E-state index >= 15 is 0 Å². The molecule has 1 heterocycles. The van der Waals surface area contributed by atoms with E-state index in [4.69, 9.17) is 0 Å². The Morgan fingerprint density at radius 1 is 0.750 bits per heavy atom. The maximum atomic E-state index is 12.9. The van der Waals surface area contributed by atoms with Crippen LogP contribution < -0.4 is 5.32 Å². The highest BCUT2D eigenvalue weighted by Crippen LogP contribution is 2.28. The molecule has 0 fully saturated rings. The van der Waals surface area contributed by atoms with Gasteiger partial charge in [-0.2, -0.15) is 5.10 Å². The molecule has 5 heteroatoms. The van der Waals surface area contributed by atoms with Gasteiger partial charge in [0, 0.05) is 16.7 Å². The lowest BCUT2D eigenvalue weighted by molar-refractivity contribution is 0.102. The number of fused-ring (bicyclic) bond motifs is 1. The van der Waals surface area contributed by atoms with Gasteiger partial charge in [-0.1, -0.05) is 84.9 Å². The number of hydrogen-bond acceptors (Lipinski definition) is 3. The van der Waals surface area contributed by atoms with Gasteiger partial charge in [-0.15, -0.1) is 0 Å². The number of aromatic amines is 1. The zero-order chi connectivity index (χ0) is 21.9. The maximum absolute atomic E-state index is 12.9. The molecule has 0 aliphatic carbocycles. The van der Waals surface area contributed by atoms with Crippen molar-refractivity contribution in [3.8, 4) is 11.3 Å². The highest BCUT2D eigenvalue weighted by molar-refractivity contribution is 6.15. The molecular weight excluding hydrogens is 398 g/mol. The van der Waals surface area contributed by atoms with Crippen molar-refractivity contribution < 1.29 is 9.59 Å². The second-order valence-electron chi connectivity index (χ2n) is 7.39. The molecule has 0 aliphatic rings. The van der Waals surface area contributed by atoms with Crippen LogP contribution in [0.25, 0.3) is 22.0 Å². The van der Waals surface area contributed by atoms with Gasteiger partial charge in [0.25, 0.3) is 5.91 Å². The van der Waals surface area contributed by atoms with E-state index in [1.165, 1.54) is 0 Å². The van der Waals surface area contributed by atoms with E-state index in [-0.39, 0.29) is 11.7 Å². The molecule has 0 aliphatic heterocycles. The fraction of sp³-hybridized carbons (Fsp3) is 0. The summed E-state index contributed by atoms with van der Waals surface area (Å²) in [5.41, 5.74) is 3.39. The third-order valence-corrected chi connectivity index (χ3v) is 5.34. The first-order chi connectivity index (χ1) is 15.7. The van der Waals surface area contributed by atoms with Gasteiger partial charge in [-0.05, 0) is 29.0 Å². The highest BCUT2D eigenvalue weighted by atomic mass is 16.2. The van der Waals surface area contributed by atoms with Crippen molar-refractivity contribution in [2.45, 2.75) is 0 Å². The number of amides is 1. The molecule has 0 atom stereocenters. The number of para-hydroxylation sites is 1. The Kier molecular flexibility index (Phi) is 5.06. The summed E-state index contributed by atoms with van der Waals surface area (Å²) in [7, 11) is 0. The number of H-pyrrole nitrogens is 1. The lowest BCUT2D eigenvalue weighted by Crippen LogP contribution is -2.15. The number of benzene rings is 4. The zero-order valence-corrected chi connectivity index (χ0v) is 17.1. The maximum Gasteiger partial charge on any atom is 0.273 e. The minimum Gasteiger partial charge on any atom is -0.320 e. The topological polar surface area (TPSA) is 74.8 Å². The molecule has 0 spiro atoms. The standard InChI is InChI=1S/C27H19N3O2/c31-26(19-10-2-1-3-11-19)22-14-6-7-16-23(22)28-27(32)25-17-24(29-30-25)21-15-8-12-18-9-4-5-13-20(18)21/h1-17H,(H,28,32)(H,29,30). The molecule has 0 radical (unpaired) electrons. The summed E-state index contributed by atoms with van der Waals surface area (Å²) < 4.78 is 0. The lowest BCUT2D eigenvalue weighted by atomic mass is 10.0. The Morgan fingerprint density at radius 2 is 1.47 bits per heavy atom. The van der Waals surface area contributed by atoms with Crippen LogP contribution in [0.15, 0.2) is 103 Å². The largest absolute Gasteiger partial charge is 0.320 e. The number of rotatable bonds is 5. The quantitative estimate of drug-likeness (QED) is 0.360. The van der Waals surface area contributed by atoms with E-state index in [0.29, 0.717) is 28.2 Å². The molecule has 0 unspecified atom stereocenters. The number of carbonyl (C=O) groups excluding carboxylic acids is 2. The smallest absolute Gasteiger partial charge is 0.273 e. The van der Waals surface area contributed by atoms with Gasteiger partial charge in [0.2, 0.25) is 0 Å². The monoisotopic (exact) mass is 417 g/mol. The first kappa shape index (κ1) is 19.5. The zero-order valence-electron chi connectivity index (χ0n) is 17.1. The van der Waals surface area contributed by atoms with E-state index in [0.717, 1.165) is 16.3 Å². The summed E-state index contributed by atoms with van der Waals surface area (Å²) in [4.78, 5) is 25.9. The van der Waals surface area contributed by atoms with Crippen LogP contribution in [0.2, 0.25) is 0 Å². The number of nitrogens with one attached hydrogen (secondary N) is 2. The summed E-state index contributed by atoms with van der Waals surface area (Å²) in [6.45, 7) is 0. The summed E-state index contributed by atoms with van der Waals surface area (Å²) >= 11 is 0. The molecule has 32 heavy (non-hydrogen) atoms. The van der Waals surface area contributed by atoms with Gasteiger partial charge >= 0.3 is 0 Å². The summed E-state index contributed by atoms with van der Waals surface area (Å²) in [5, 5.41) is 12.2. The van der Waals surface area contributed by atoms with Crippen LogP contribution in [0.1, 0.15) is 26.4 Å². The van der Waals surface area contributed by atoms with E-state index in [2.05, 4.69) is 15.5 Å². The van der Waals surface area contributed by atoms with Crippen LogP contribution in [-0.4, -0.2) is 21.9 Å². The van der Waals surface area contributed by atoms with E-state index in [1.54, 1.807) is 42.5 Å². The third kappa shape index (κ3) is 3.68. The van der Waals surface area contributed by atoms with E-state index < -0.39 is 0 Å². The molecule has 4 aromatic carbocycles. The van der Waals surface area contributed by atoms with Crippen molar-refractivity contribution in [1.29, 1.82) is 0 Å². The summed E-state index contributed by atoms with van der Waals surface area (Å²) in [6, 6.07) is 31.7. The molecule has 1 amide bonds. The molecule has 0 saturated heterocycles. The number of carbonyl (C=O) groups is 2. The second-order valence-corrected chi connectivity index (χ2v) is 7.39. The predicted octanol–water partition coefficient (Wildman–Crippen LogP) is 5.71. The molecule has 0 bridgehead atoms. The molecule has 5 aromatic rings. The minimum absolute atomic E-state index is 0.150. The van der Waals surface area contributed by atoms with Crippen LogP contribution >= 0.6 is 0 Å². The average Bonchev–Trinajstić information content (AvgIpc) is 3.34. The van der Waals surface area contributed by atoms with E-state index in [1.807, 2.05) is 60.7 Å². The van der Waals surface area contributed by atoms with Crippen LogP contribution in [0.3, 0.4) is 0 Å². The number of hydrogen-bond donors (Lipinski definition) is 2. The number of nitrogens with zero attached hydrogens (tertiary/aromatic N) is 1. The van der Waals surface area contributed by atoms with Crippen molar-refractivity contribution in [1.82, 2.24) is 10.2 Å². The third-order valence-electron chi connectivity index (χ3n) is 5.34.